The second kappa shape index (κ2) is 4.44. The number of hydrogen-bond acceptors (Lipinski definition) is 5. The van der Waals surface area contributed by atoms with Crippen molar-refractivity contribution in [3.05, 3.63) is 17.8 Å². The van der Waals surface area contributed by atoms with Gasteiger partial charge in [0.15, 0.2) is 0 Å². The van der Waals surface area contributed by atoms with Crippen molar-refractivity contribution in [1.29, 1.82) is 0 Å². The molecule has 2 rings (SSSR count). The Morgan fingerprint density at radius 1 is 1.50 bits per heavy atom. The minimum atomic E-state index is -0.317. The Morgan fingerprint density at radius 3 is 3.06 bits per heavy atom. The van der Waals surface area contributed by atoms with E-state index in [1.807, 2.05) is 11.4 Å². The van der Waals surface area contributed by atoms with Gasteiger partial charge in [-0.3, -0.25) is 4.79 Å². The Balaban J connectivity index is 2.27. The zero-order valence-corrected chi connectivity index (χ0v) is 9.84. The summed E-state index contributed by atoms with van der Waals surface area (Å²) in [5.74, 6) is 0.629. The van der Waals surface area contributed by atoms with Crippen molar-refractivity contribution in [3.63, 3.8) is 0 Å². The molecular formula is C10H12N4OS. The summed E-state index contributed by atoms with van der Waals surface area (Å²) in [6.07, 6.45) is 1.50. The van der Waals surface area contributed by atoms with E-state index in [0.29, 0.717) is 5.82 Å². The molecule has 0 aliphatic rings. The predicted molar refractivity (Wildman–Crippen MR) is 64.6 cm³/mol. The highest BCUT2D eigenvalue weighted by atomic mass is 32.1. The lowest BCUT2D eigenvalue weighted by molar-refractivity contribution is -0.121. The Hall–Kier alpha value is -1.69. The second-order valence-electron chi connectivity index (χ2n) is 3.34. The SMILES string of the molecule is CNC(=O)C(C)Nc1ncnc2sccc12. The third-order valence-corrected chi connectivity index (χ3v) is 3.08. The van der Waals surface area contributed by atoms with Crippen LogP contribution in [0.2, 0.25) is 0 Å². The highest BCUT2D eigenvalue weighted by Gasteiger charge is 2.13. The lowest BCUT2D eigenvalue weighted by Gasteiger charge is -2.12. The van der Waals surface area contributed by atoms with Crippen LogP contribution in [-0.2, 0) is 4.79 Å². The number of amides is 1. The number of aromatic nitrogens is 2. The number of nitrogens with one attached hydrogen (secondary N) is 2. The normalized spacial score (nSPS) is 12.4. The van der Waals surface area contributed by atoms with E-state index in [4.69, 9.17) is 0 Å². The lowest BCUT2D eigenvalue weighted by Crippen LogP contribution is -2.35. The van der Waals surface area contributed by atoms with Crippen LogP contribution in [0.25, 0.3) is 10.2 Å². The van der Waals surface area contributed by atoms with E-state index >= 15 is 0 Å². The summed E-state index contributed by atoms with van der Waals surface area (Å²) in [5, 5.41) is 8.55. The Morgan fingerprint density at radius 2 is 2.31 bits per heavy atom. The van der Waals surface area contributed by atoms with Gasteiger partial charge in [-0.1, -0.05) is 0 Å². The molecule has 1 unspecified atom stereocenters. The van der Waals surface area contributed by atoms with Crippen molar-refractivity contribution >= 4 is 33.3 Å². The summed E-state index contributed by atoms with van der Waals surface area (Å²) in [4.78, 5) is 20.6. The van der Waals surface area contributed by atoms with E-state index in [1.54, 1.807) is 25.3 Å². The van der Waals surface area contributed by atoms with Gasteiger partial charge in [-0.25, -0.2) is 9.97 Å². The molecule has 0 saturated heterocycles. The van der Waals surface area contributed by atoms with E-state index in [-0.39, 0.29) is 11.9 Å². The van der Waals surface area contributed by atoms with Crippen LogP contribution in [-0.4, -0.2) is 29.0 Å². The summed E-state index contributed by atoms with van der Waals surface area (Å²) in [6.45, 7) is 1.79. The molecule has 0 aromatic carbocycles. The number of carbonyl (C=O) groups excluding carboxylic acids is 1. The summed E-state index contributed by atoms with van der Waals surface area (Å²) in [5.41, 5.74) is 0. The number of nitrogens with zero attached hydrogens (tertiary/aromatic N) is 2. The van der Waals surface area contributed by atoms with Crippen LogP contribution in [0.5, 0.6) is 0 Å². The molecule has 6 heteroatoms. The van der Waals surface area contributed by atoms with Crippen LogP contribution in [0, 0.1) is 0 Å². The van der Waals surface area contributed by atoms with Crippen LogP contribution in [0.1, 0.15) is 6.92 Å². The lowest BCUT2D eigenvalue weighted by atomic mass is 10.3. The molecule has 0 fully saturated rings. The monoisotopic (exact) mass is 236 g/mol. The molecule has 16 heavy (non-hydrogen) atoms. The molecule has 5 nitrogen and oxygen atoms in total. The number of fused-ring (bicyclic) bond motifs is 1. The zero-order valence-electron chi connectivity index (χ0n) is 9.02. The smallest absolute Gasteiger partial charge is 0.241 e. The molecule has 2 aromatic rings. The zero-order chi connectivity index (χ0) is 11.5. The maximum atomic E-state index is 11.4. The molecule has 0 radical (unpaired) electrons. The molecule has 0 aliphatic carbocycles. The number of anilines is 1. The average Bonchev–Trinajstić information content (AvgIpc) is 2.77. The number of hydrogen-bond donors (Lipinski definition) is 2. The second-order valence-corrected chi connectivity index (χ2v) is 4.24. The van der Waals surface area contributed by atoms with Gasteiger partial charge in [0.25, 0.3) is 0 Å². The Labute approximate surface area is 96.9 Å². The first kappa shape index (κ1) is 10.8. The maximum absolute atomic E-state index is 11.4. The van der Waals surface area contributed by atoms with Gasteiger partial charge in [-0.15, -0.1) is 11.3 Å². The molecule has 2 aromatic heterocycles. The average molecular weight is 236 g/mol. The maximum Gasteiger partial charge on any atom is 0.241 e. The summed E-state index contributed by atoms with van der Waals surface area (Å²) < 4.78 is 0. The summed E-state index contributed by atoms with van der Waals surface area (Å²) in [7, 11) is 1.61. The van der Waals surface area contributed by atoms with Gasteiger partial charge in [-0.05, 0) is 18.4 Å². The van der Waals surface area contributed by atoms with Crippen molar-refractivity contribution in [2.75, 3.05) is 12.4 Å². The van der Waals surface area contributed by atoms with E-state index < -0.39 is 0 Å². The molecule has 2 heterocycles. The molecule has 0 bridgehead atoms. The molecule has 1 amide bonds. The van der Waals surface area contributed by atoms with Crippen LogP contribution in [0.4, 0.5) is 5.82 Å². The number of likely N-dealkylation sites (N-methyl/N-ethyl adjacent to an activating group) is 1. The largest absolute Gasteiger partial charge is 0.358 e. The molecule has 0 aliphatic heterocycles. The third-order valence-electron chi connectivity index (χ3n) is 2.25. The van der Waals surface area contributed by atoms with Crippen LogP contribution < -0.4 is 10.6 Å². The van der Waals surface area contributed by atoms with Crippen molar-refractivity contribution in [1.82, 2.24) is 15.3 Å². The fourth-order valence-corrected chi connectivity index (χ4v) is 2.12. The van der Waals surface area contributed by atoms with Gasteiger partial charge in [-0.2, -0.15) is 0 Å². The van der Waals surface area contributed by atoms with E-state index in [2.05, 4.69) is 20.6 Å². The topological polar surface area (TPSA) is 66.9 Å². The number of carbonyl (C=O) groups is 1. The first-order chi connectivity index (χ1) is 7.72. The third kappa shape index (κ3) is 1.96. The quantitative estimate of drug-likeness (QED) is 0.841. The van der Waals surface area contributed by atoms with Crippen molar-refractivity contribution in [2.45, 2.75) is 13.0 Å². The standard InChI is InChI=1S/C10H12N4OS/c1-6(9(15)11-2)14-8-7-3-4-16-10(7)13-5-12-8/h3-6H,1-2H3,(H,11,15)(H,12,13,14). The first-order valence-electron chi connectivity index (χ1n) is 4.88. The predicted octanol–water partition coefficient (Wildman–Crippen LogP) is 1.24. The molecule has 0 spiro atoms. The molecule has 84 valence electrons. The number of thiophene rings is 1. The van der Waals surface area contributed by atoms with Gasteiger partial charge in [0.05, 0.1) is 5.39 Å². The van der Waals surface area contributed by atoms with E-state index in [1.165, 1.54) is 6.33 Å². The fraction of sp³-hybridized carbons (Fsp3) is 0.300. The van der Waals surface area contributed by atoms with Crippen LogP contribution in [0.15, 0.2) is 17.8 Å². The molecule has 0 saturated carbocycles. The highest BCUT2D eigenvalue weighted by molar-refractivity contribution is 7.16. The van der Waals surface area contributed by atoms with E-state index in [9.17, 15) is 4.79 Å². The van der Waals surface area contributed by atoms with Crippen LogP contribution >= 0.6 is 11.3 Å². The van der Waals surface area contributed by atoms with Gasteiger partial charge in [0.1, 0.15) is 23.0 Å². The minimum Gasteiger partial charge on any atom is -0.358 e. The van der Waals surface area contributed by atoms with Gasteiger partial charge in [0.2, 0.25) is 5.91 Å². The molecular weight excluding hydrogens is 224 g/mol. The van der Waals surface area contributed by atoms with Crippen molar-refractivity contribution < 1.29 is 4.79 Å². The minimum absolute atomic E-state index is 0.0676. The molecule has 2 N–H and O–H groups in total. The van der Waals surface area contributed by atoms with Gasteiger partial charge < -0.3 is 10.6 Å². The van der Waals surface area contributed by atoms with Crippen molar-refractivity contribution in [2.24, 2.45) is 0 Å². The summed E-state index contributed by atoms with van der Waals surface area (Å²) in [6, 6.07) is 1.63. The Bertz CT molecular complexity index is 510. The van der Waals surface area contributed by atoms with Gasteiger partial charge in [0, 0.05) is 7.05 Å². The fourth-order valence-electron chi connectivity index (χ4n) is 1.39. The molecule has 1 atom stereocenters. The number of rotatable bonds is 3. The summed E-state index contributed by atoms with van der Waals surface area (Å²) >= 11 is 1.55. The highest BCUT2D eigenvalue weighted by Crippen LogP contribution is 2.23. The van der Waals surface area contributed by atoms with Crippen molar-refractivity contribution in [3.8, 4) is 0 Å². The van der Waals surface area contributed by atoms with E-state index in [0.717, 1.165) is 10.2 Å². The first-order valence-corrected chi connectivity index (χ1v) is 5.76. The van der Waals surface area contributed by atoms with Gasteiger partial charge >= 0.3 is 0 Å². The Kier molecular flexibility index (Phi) is 3.00. The van der Waals surface area contributed by atoms with Crippen LogP contribution in [0.3, 0.4) is 0 Å².